The topological polar surface area (TPSA) is 60.5 Å². The highest BCUT2D eigenvalue weighted by Crippen LogP contribution is 2.29. The number of nitrogens with zero attached hydrogens (tertiary/aromatic N) is 1. The quantitative estimate of drug-likeness (QED) is 0.717. The zero-order valence-electron chi connectivity index (χ0n) is 14.0. The van der Waals surface area contributed by atoms with Crippen LogP contribution in [0.4, 0.5) is 5.69 Å². The van der Waals surface area contributed by atoms with E-state index in [2.05, 4.69) is 10.3 Å². The van der Waals surface area contributed by atoms with Crippen LogP contribution in [0.25, 0.3) is 0 Å². The maximum atomic E-state index is 12.4. The average molecular weight is 354 g/mol. The third kappa shape index (κ3) is 4.36. The van der Waals surface area contributed by atoms with E-state index in [-0.39, 0.29) is 5.91 Å². The second kappa shape index (κ2) is 7.81. The summed E-state index contributed by atoms with van der Waals surface area (Å²) in [5, 5.41) is 4.81. The van der Waals surface area contributed by atoms with Crippen LogP contribution >= 0.6 is 11.3 Å². The molecule has 25 heavy (non-hydrogen) atoms. The molecule has 3 aromatic rings. The first-order valence-electron chi connectivity index (χ1n) is 7.71. The number of carbonyl (C=O) groups excluding carboxylic acids is 1. The highest BCUT2D eigenvalue weighted by Gasteiger charge is 2.12. The minimum Gasteiger partial charge on any atom is -0.493 e. The lowest BCUT2D eigenvalue weighted by atomic mass is 10.1. The van der Waals surface area contributed by atoms with Crippen LogP contribution in [-0.2, 0) is 6.61 Å². The number of thiazole rings is 1. The Morgan fingerprint density at radius 1 is 1.20 bits per heavy atom. The number of benzene rings is 2. The molecule has 0 unspecified atom stereocenters. The summed E-state index contributed by atoms with van der Waals surface area (Å²) in [7, 11) is 1.55. The molecule has 3 rings (SSSR count). The van der Waals surface area contributed by atoms with Gasteiger partial charge in [-0.1, -0.05) is 12.1 Å². The van der Waals surface area contributed by atoms with Crippen molar-refractivity contribution in [1.82, 2.24) is 4.98 Å². The smallest absolute Gasteiger partial charge is 0.255 e. The average Bonchev–Trinajstić information content (AvgIpc) is 3.13. The number of ether oxygens (including phenoxy) is 2. The zero-order valence-corrected chi connectivity index (χ0v) is 14.8. The predicted molar refractivity (Wildman–Crippen MR) is 98.6 cm³/mol. The van der Waals surface area contributed by atoms with E-state index in [1.165, 1.54) is 11.3 Å². The Morgan fingerprint density at radius 2 is 2.08 bits per heavy atom. The summed E-state index contributed by atoms with van der Waals surface area (Å²) in [6.07, 6.45) is 0. The third-order valence-electron chi connectivity index (χ3n) is 3.56. The Bertz CT molecular complexity index is 863. The molecule has 128 valence electrons. The van der Waals surface area contributed by atoms with Gasteiger partial charge in [-0.25, -0.2) is 4.98 Å². The molecule has 0 bridgehead atoms. The molecule has 0 aliphatic heterocycles. The summed E-state index contributed by atoms with van der Waals surface area (Å²) in [6.45, 7) is 2.34. The highest BCUT2D eigenvalue weighted by atomic mass is 32.1. The molecule has 0 aliphatic carbocycles. The SMILES string of the molecule is COc1cc(C(=O)Nc2cccc(C)c2)ccc1OCc1cscn1. The van der Waals surface area contributed by atoms with Gasteiger partial charge in [-0.2, -0.15) is 0 Å². The van der Waals surface area contributed by atoms with Crippen molar-refractivity contribution in [3.8, 4) is 11.5 Å². The van der Waals surface area contributed by atoms with E-state index in [1.54, 1.807) is 30.8 Å². The fourth-order valence-electron chi connectivity index (χ4n) is 2.31. The fourth-order valence-corrected chi connectivity index (χ4v) is 2.86. The zero-order chi connectivity index (χ0) is 17.6. The molecule has 1 aromatic heterocycles. The number of amides is 1. The van der Waals surface area contributed by atoms with Gasteiger partial charge in [0.05, 0.1) is 18.3 Å². The van der Waals surface area contributed by atoms with Crippen LogP contribution in [0.1, 0.15) is 21.6 Å². The van der Waals surface area contributed by atoms with Crippen LogP contribution in [0.15, 0.2) is 53.4 Å². The van der Waals surface area contributed by atoms with Gasteiger partial charge in [0.2, 0.25) is 0 Å². The molecule has 0 aliphatic rings. The van der Waals surface area contributed by atoms with Gasteiger partial charge in [-0.05, 0) is 42.8 Å². The summed E-state index contributed by atoms with van der Waals surface area (Å²) in [4.78, 5) is 16.6. The number of hydrogen-bond acceptors (Lipinski definition) is 5. The molecular formula is C19H18N2O3S. The number of aromatic nitrogens is 1. The first-order valence-corrected chi connectivity index (χ1v) is 8.66. The molecular weight excluding hydrogens is 336 g/mol. The first kappa shape index (κ1) is 17.0. The fraction of sp³-hybridized carbons (Fsp3) is 0.158. The van der Waals surface area contributed by atoms with Gasteiger partial charge in [0.15, 0.2) is 11.5 Å². The van der Waals surface area contributed by atoms with E-state index in [4.69, 9.17) is 9.47 Å². The molecule has 0 atom stereocenters. The molecule has 0 saturated heterocycles. The molecule has 6 heteroatoms. The minimum atomic E-state index is -0.199. The van der Waals surface area contributed by atoms with Crippen molar-refractivity contribution in [2.75, 3.05) is 12.4 Å². The van der Waals surface area contributed by atoms with Crippen LogP contribution in [0.5, 0.6) is 11.5 Å². The number of hydrogen-bond donors (Lipinski definition) is 1. The van der Waals surface area contributed by atoms with Crippen LogP contribution < -0.4 is 14.8 Å². The Labute approximate surface area is 150 Å². The summed E-state index contributed by atoms with van der Waals surface area (Å²) in [5.74, 6) is 0.879. The Hall–Kier alpha value is -2.86. The van der Waals surface area contributed by atoms with Crippen molar-refractivity contribution >= 4 is 22.9 Å². The van der Waals surface area contributed by atoms with Crippen molar-refractivity contribution in [3.63, 3.8) is 0 Å². The molecule has 0 fully saturated rings. The summed E-state index contributed by atoms with van der Waals surface area (Å²) >= 11 is 1.52. The molecule has 1 amide bonds. The van der Waals surface area contributed by atoms with Crippen molar-refractivity contribution in [2.24, 2.45) is 0 Å². The van der Waals surface area contributed by atoms with E-state index in [1.807, 2.05) is 36.6 Å². The lowest BCUT2D eigenvalue weighted by molar-refractivity contribution is 0.102. The molecule has 2 aromatic carbocycles. The normalized spacial score (nSPS) is 10.3. The van der Waals surface area contributed by atoms with Gasteiger partial charge in [0.25, 0.3) is 5.91 Å². The number of nitrogens with one attached hydrogen (secondary N) is 1. The molecule has 0 saturated carbocycles. The third-order valence-corrected chi connectivity index (χ3v) is 4.20. The maximum Gasteiger partial charge on any atom is 0.255 e. The second-order valence-electron chi connectivity index (χ2n) is 5.46. The van der Waals surface area contributed by atoms with Gasteiger partial charge in [-0.15, -0.1) is 11.3 Å². The molecule has 0 spiro atoms. The van der Waals surface area contributed by atoms with Crippen LogP contribution in [-0.4, -0.2) is 18.0 Å². The Balaban J connectivity index is 1.72. The van der Waals surface area contributed by atoms with E-state index >= 15 is 0 Å². The second-order valence-corrected chi connectivity index (χ2v) is 6.18. The highest BCUT2D eigenvalue weighted by molar-refractivity contribution is 7.07. The van der Waals surface area contributed by atoms with Gasteiger partial charge < -0.3 is 14.8 Å². The number of carbonyl (C=O) groups is 1. The monoisotopic (exact) mass is 354 g/mol. The van der Waals surface area contributed by atoms with Crippen LogP contribution in [0, 0.1) is 6.92 Å². The van der Waals surface area contributed by atoms with E-state index < -0.39 is 0 Å². The van der Waals surface area contributed by atoms with Crippen molar-refractivity contribution in [2.45, 2.75) is 13.5 Å². The number of rotatable bonds is 6. The Kier molecular flexibility index (Phi) is 5.30. The van der Waals surface area contributed by atoms with Gasteiger partial charge in [0, 0.05) is 16.6 Å². The van der Waals surface area contributed by atoms with Gasteiger partial charge in [-0.3, -0.25) is 4.79 Å². The number of aryl methyl sites for hydroxylation is 1. The molecule has 5 nitrogen and oxygen atoms in total. The van der Waals surface area contributed by atoms with Gasteiger partial charge in [0.1, 0.15) is 6.61 Å². The summed E-state index contributed by atoms with van der Waals surface area (Å²) < 4.78 is 11.1. The Morgan fingerprint density at radius 3 is 2.80 bits per heavy atom. The maximum absolute atomic E-state index is 12.4. The van der Waals surface area contributed by atoms with Crippen molar-refractivity contribution in [3.05, 3.63) is 70.2 Å². The van der Waals surface area contributed by atoms with Gasteiger partial charge >= 0.3 is 0 Å². The minimum absolute atomic E-state index is 0.199. The van der Waals surface area contributed by atoms with E-state index in [9.17, 15) is 4.79 Å². The van der Waals surface area contributed by atoms with Crippen LogP contribution in [0.2, 0.25) is 0 Å². The standard InChI is InChI=1S/C19H18N2O3S/c1-13-4-3-5-15(8-13)21-19(22)14-6-7-17(18(9-14)23-2)24-10-16-11-25-12-20-16/h3-9,11-12H,10H2,1-2H3,(H,21,22). The lowest BCUT2D eigenvalue weighted by Gasteiger charge is -2.12. The van der Waals surface area contributed by atoms with Crippen molar-refractivity contribution in [1.29, 1.82) is 0 Å². The van der Waals surface area contributed by atoms with Crippen LogP contribution in [0.3, 0.4) is 0 Å². The first-order chi connectivity index (χ1) is 12.2. The lowest BCUT2D eigenvalue weighted by Crippen LogP contribution is -2.12. The molecule has 0 radical (unpaired) electrons. The summed E-state index contributed by atoms with van der Waals surface area (Å²) in [5.41, 5.74) is 4.95. The van der Waals surface area contributed by atoms with E-state index in [0.717, 1.165) is 16.9 Å². The predicted octanol–water partition coefficient (Wildman–Crippen LogP) is 4.29. The molecule has 1 N–H and O–H groups in total. The number of anilines is 1. The largest absolute Gasteiger partial charge is 0.493 e. The summed E-state index contributed by atoms with van der Waals surface area (Å²) in [6, 6.07) is 12.8. The number of methoxy groups -OCH3 is 1. The molecule has 1 heterocycles. The van der Waals surface area contributed by atoms with Crippen molar-refractivity contribution < 1.29 is 14.3 Å². The van der Waals surface area contributed by atoms with E-state index in [0.29, 0.717) is 23.7 Å².